The summed E-state index contributed by atoms with van der Waals surface area (Å²) in [4.78, 5) is 10.00. The van der Waals surface area contributed by atoms with Crippen molar-refractivity contribution in [3.8, 4) is 33.2 Å². The van der Waals surface area contributed by atoms with E-state index < -0.39 is 0 Å². The fourth-order valence-corrected chi connectivity index (χ4v) is 3.24. The number of thiazole rings is 1. The van der Waals surface area contributed by atoms with Gasteiger partial charge in [0.25, 0.3) is 0 Å². The second-order valence-corrected chi connectivity index (χ2v) is 6.27. The number of phenols is 1. The molecular weight excluding hydrogens is 322 g/mol. The summed E-state index contributed by atoms with van der Waals surface area (Å²) in [5.41, 5.74) is 2.73. The number of methoxy groups -OCH3 is 1. The van der Waals surface area contributed by atoms with Crippen LogP contribution in [0.1, 0.15) is 13.3 Å². The number of aromatic nitrogens is 2. The summed E-state index contributed by atoms with van der Waals surface area (Å²) in [7, 11) is 1.53. The molecule has 6 heteroatoms. The van der Waals surface area contributed by atoms with Crippen LogP contribution in [-0.2, 0) is 0 Å². The Labute approximate surface area is 145 Å². The summed E-state index contributed by atoms with van der Waals surface area (Å²) < 4.78 is 5.20. The molecule has 0 radical (unpaired) electrons. The Bertz CT molecular complexity index is 833. The number of hydrogen-bond donors (Lipinski definition) is 2. The summed E-state index contributed by atoms with van der Waals surface area (Å²) in [5.74, 6) is 0.543. The molecule has 3 aromatic rings. The maximum absolute atomic E-state index is 9.79. The fraction of sp³-hybridized carbons (Fsp3) is 0.222. The van der Waals surface area contributed by atoms with E-state index in [0.29, 0.717) is 5.75 Å². The first kappa shape index (κ1) is 16.3. The molecule has 124 valence electrons. The van der Waals surface area contributed by atoms with E-state index in [1.807, 2.05) is 24.4 Å². The lowest BCUT2D eigenvalue weighted by Crippen LogP contribution is -1.97. The van der Waals surface area contributed by atoms with Gasteiger partial charge in [0, 0.05) is 30.1 Å². The normalized spacial score (nSPS) is 10.6. The third-order valence-corrected chi connectivity index (χ3v) is 4.55. The monoisotopic (exact) mass is 341 g/mol. The number of nitrogens with zero attached hydrogens (tertiary/aromatic N) is 2. The number of aromatic hydroxyl groups is 1. The summed E-state index contributed by atoms with van der Waals surface area (Å²) in [5, 5.41) is 14.0. The number of benzene rings is 1. The van der Waals surface area contributed by atoms with Gasteiger partial charge in [0.15, 0.2) is 16.6 Å². The molecule has 3 rings (SSSR count). The molecule has 5 nitrogen and oxygen atoms in total. The highest BCUT2D eigenvalue weighted by Crippen LogP contribution is 2.37. The predicted molar refractivity (Wildman–Crippen MR) is 97.8 cm³/mol. The van der Waals surface area contributed by atoms with Crippen LogP contribution in [-0.4, -0.2) is 28.7 Å². The highest BCUT2D eigenvalue weighted by Gasteiger charge is 2.13. The van der Waals surface area contributed by atoms with E-state index >= 15 is 0 Å². The minimum absolute atomic E-state index is 0.113. The van der Waals surface area contributed by atoms with Crippen LogP contribution in [0.25, 0.3) is 21.7 Å². The van der Waals surface area contributed by atoms with Gasteiger partial charge in [0.2, 0.25) is 0 Å². The van der Waals surface area contributed by atoms with Crippen LogP contribution in [0.15, 0.2) is 42.7 Å². The van der Waals surface area contributed by atoms with E-state index in [2.05, 4.69) is 22.2 Å². The van der Waals surface area contributed by atoms with Crippen molar-refractivity contribution in [1.82, 2.24) is 9.97 Å². The number of anilines is 1. The van der Waals surface area contributed by atoms with E-state index in [9.17, 15) is 5.11 Å². The lowest BCUT2D eigenvalue weighted by atomic mass is 10.0. The number of ether oxygens (including phenoxy) is 1. The standard InChI is InChI=1S/C18H19N3O2S/c1-3-8-20-18-21-11-16(24-18)13-5-4-9-19-17(13)12-6-7-14(22)15(10-12)23-2/h4-7,9-11,22H,3,8H2,1-2H3,(H,20,21). The minimum atomic E-state index is 0.113. The third kappa shape index (κ3) is 3.33. The van der Waals surface area contributed by atoms with Gasteiger partial charge >= 0.3 is 0 Å². The van der Waals surface area contributed by atoms with E-state index in [1.54, 1.807) is 29.7 Å². The molecule has 0 saturated carbocycles. The Balaban J connectivity index is 2.00. The molecule has 24 heavy (non-hydrogen) atoms. The van der Waals surface area contributed by atoms with Gasteiger partial charge in [0.1, 0.15) is 0 Å². The van der Waals surface area contributed by atoms with E-state index in [0.717, 1.165) is 39.8 Å². The molecular formula is C18H19N3O2S. The van der Waals surface area contributed by atoms with Crippen molar-refractivity contribution in [3.05, 3.63) is 42.7 Å². The van der Waals surface area contributed by atoms with Crippen molar-refractivity contribution < 1.29 is 9.84 Å². The van der Waals surface area contributed by atoms with E-state index in [1.165, 1.54) is 7.11 Å². The van der Waals surface area contributed by atoms with Gasteiger partial charge in [-0.15, -0.1) is 0 Å². The average molecular weight is 341 g/mol. The van der Waals surface area contributed by atoms with Gasteiger partial charge < -0.3 is 15.2 Å². The summed E-state index contributed by atoms with van der Waals surface area (Å²) in [6.45, 7) is 3.03. The highest BCUT2D eigenvalue weighted by molar-refractivity contribution is 7.18. The zero-order chi connectivity index (χ0) is 16.9. The third-order valence-electron chi connectivity index (χ3n) is 3.56. The van der Waals surface area contributed by atoms with Gasteiger partial charge in [-0.3, -0.25) is 4.98 Å². The van der Waals surface area contributed by atoms with Crippen LogP contribution < -0.4 is 10.1 Å². The van der Waals surface area contributed by atoms with Gasteiger partial charge in [-0.25, -0.2) is 4.98 Å². The zero-order valence-corrected chi connectivity index (χ0v) is 14.4. The molecule has 0 spiro atoms. The summed E-state index contributed by atoms with van der Waals surface area (Å²) >= 11 is 1.61. The quantitative estimate of drug-likeness (QED) is 0.695. The van der Waals surface area contributed by atoms with Crippen LogP contribution in [0, 0.1) is 0 Å². The van der Waals surface area contributed by atoms with Crippen LogP contribution >= 0.6 is 11.3 Å². The van der Waals surface area contributed by atoms with E-state index in [-0.39, 0.29) is 5.75 Å². The first-order chi connectivity index (χ1) is 11.7. The summed E-state index contributed by atoms with van der Waals surface area (Å²) in [6, 6.07) is 9.18. The smallest absolute Gasteiger partial charge is 0.183 e. The SMILES string of the molecule is CCCNc1ncc(-c2cccnc2-c2ccc(O)c(OC)c2)s1. The molecule has 1 aromatic carbocycles. The zero-order valence-electron chi connectivity index (χ0n) is 13.6. The first-order valence-corrected chi connectivity index (χ1v) is 8.57. The van der Waals surface area contributed by atoms with Crippen LogP contribution in [0.4, 0.5) is 5.13 Å². The van der Waals surface area contributed by atoms with Gasteiger partial charge in [-0.05, 0) is 36.8 Å². The van der Waals surface area contributed by atoms with Gasteiger partial charge in [-0.1, -0.05) is 18.3 Å². The Hall–Kier alpha value is -2.60. The maximum Gasteiger partial charge on any atom is 0.183 e. The van der Waals surface area contributed by atoms with Crippen molar-refractivity contribution in [1.29, 1.82) is 0 Å². The van der Waals surface area contributed by atoms with Crippen LogP contribution in [0.3, 0.4) is 0 Å². The van der Waals surface area contributed by atoms with Crippen molar-refractivity contribution in [3.63, 3.8) is 0 Å². The average Bonchev–Trinajstić information content (AvgIpc) is 3.09. The molecule has 0 bridgehead atoms. The van der Waals surface area contributed by atoms with Crippen LogP contribution in [0.5, 0.6) is 11.5 Å². The van der Waals surface area contributed by atoms with Crippen molar-refractivity contribution in [2.75, 3.05) is 19.0 Å². The Morgan fingerprint density at radius 1 is 1.25 bits per heavy atom. The molecule has 0 amide bonds. The van der Waals surface area contributed by atoms with Gasteiger partial charge in [-0.2, -0.15) is 0 Å². The second kappa shape index (κ2) is 7.31. The molecule has 0 saturated heterocycles. The topological polar surface area (TPSA) is 67.3 Å². The summed E-state index contributed by atoms with van der Waals surface area (Å²) in [6.07, 6.45) is 4.68. The van der Waals surface area contributed by atoms with Crippen molar-refractivity contribution in [2.45, 2.75) is 13.3 Å². The van der Waals surface area contributed by atoms with Crippen molar-refractivity contribution >= 4 is 16.5 Å². The lowest BCUT2D eigenvalue weighted by molar-refractivity contribution is 0.373. The van der Waals surface area contributed by atoms with Crippen LogP contribution in [0.2, 0.25) is 0 Å². The molecule has 0 fully saturated rings. The Morgan fingerprint density at radius 3 is 2.92 bits per heavy atom. The second-order valence-electron chi connectivity index (χ2n) is 5.24. The Morgan fingerprint density at radius 2 is 2.12 bits per heavy atom. The molecule has 0 aliphatic carbocycles. The molecule has 2 aromatic heterocycles. The largest absolute Gasteiger partial charge is 0.504 e. The van der Waals surface area contributed by atoms with Crippen molar-refractivity contribution in [2.24, 2.45) is 0 Å². The first-order valence-electron chi connectivity index (χ1n) is 7.75. The highest BCUT2D eigenvalue weighted by atomic mass is 32.1. The number of rotatable bonds is 6. The fourth-order valence-electron chi connectivity index (χ4n) is 2.37. The number of pyridine rings is 1. The molecule has 2 N–H and O–H groups in total. The maximum atomic E-state index is 9.79. The number of hydrogen-bond acceptors (Lipinski definition) is 6. The lowest BCUT2D eigenvalue weighted by Gasteiger charge is -2.09. The number of phenolic OH excluding ortho intramolecular Hbond substituents is 1. The molecule has 2 heterocycles. The predicted octanol–water partition coefficient (Wildman–Crippen LogP) is 4.41. The van der Waals surface area contributed by atoms with Gasteiger partial charge in [0.05, 0.1) is 17.7 Å². The molecule has 0 aliphatic rings. The number of nitrogens with one attached hydrogen (secondary N) is 1. The molecule has 0 unspecified atom stereocenters. The molecule has 0 aliphatic heterocycles. The van der Waals surface area contributed by atoms with E-state index in [4.69, 9.17) is 4.74 Å². The Kier molecular flexibility index (Phi) is 4.96. The molecule has 0 atom stereocenters. The minimum Gasteiger partial charge on any atom is -0.504 e.